The second-order valence-corrected chi connectivity index (χ2v) is 15.2. The van der Waals surface area contributed by atoms with Gasteiger partial charge in [0.25, 0.3) is 0 Å². The van der Waals surface area contributed by atoms with E-state index in [1.807, 2.05) is 0 Å². The molecule has 8 atom stereocenters. The zero-order valence-corrected chi connectivity index (χ0v) is 23.2. The maximum absolute atomic E-state index is 13.3. The largest absolute Gasteiger partial charge is 0.469 e. The van der Waals surface area contributed by atoms with E-state index in [1.165, 1.54) is 12.8 Å². The van der Waals surface area contributed by atoms with Crippen molar-refractivity contribution in [3.8, 4) is 0 Å². The number of rotatable bonds is 1. The lowest BCUT2D eigenvalue weighted by Gasteiger charge is -2.71. The highest BCUT2D eigenvalue weighted by Gasteiger charge is 2.69. The monoisotopic (exact) mass is 470 g/mol. The van der Waals surface area contributed by atoms with Crippen LogP contribution in [-0.2, 0) is 9.53 Å². The van der Waals surface area contributed by atoms with E-state index in [0.29, 0.717) is 17.8 Å². The third-order valence-electron chi connectivity index (χ3n) is 13.2. The first-order chi connectivity index (χ1) is 15.7. The number of carbonyl (C=O) groups excluding carboxylic acids is 1. The topological polar surface area (TPSA) is 46.5 Å². The Balaban J connectivity index is 1.60. The normalized spacial score (nSPS) is 51.1. The van der Waals surface area contributed by atoms with Crippen LogP contribution in [-0.4, -0.2) is 24.3 Å². The van der Waals surface area contributed by atoms with E-state index in [2.05, 4.69) is 54.5 Å². The number of hydrogen-bond donors (Lipinski definition) is 1. The minimum atomic E-state index is -0.323. The molecule has 0 saturated heterocycles. The van der Waals surface area contributed by atoms with Crippen LogP contribution < -0.4 is 0 Å². The van der Waals surface area contributed by atoms with Gasteiger partial charge in [0.15, 0.2) is 0 Å². The van der Waals surface area contributed by atoms with E-state index < -0.39 is 0 Å². The molecule has 1 N–H and O–H groups in total. The molecule has 0 heterocycles. The Labute approximate surface area is 208 Å². The summed E-state index contributed by atoms with van der Waals surface area (Å²) in [5.41, 5.74) is 2.18. The van der Waals surface area contributed by atoms with E-state index in [1.54, 1.807) is 12.7 Å². The fourth-order valence-electron chi connectivity index (χ4n) is 10.8. The van der Waals surface area contributed by atoms with Crippen LogP contribution in [0.5, 0.6) is 0 Å². The van der Waals surface area contributed by atoms with Gasteiger partial charge in [-0.1, -0.05) is 60.1 Å². The summed E-state index contributed by atoms with van der Waals surface area (Å²) in [7, 11) is 1.59. The average Bonchev–Trinajstić information content (AvgIpc) is 2.76. The van der Waals surface area contributed by atoms with E-state index in [-0.39, 0.29) is 44.6 Å². The quantitative estimate of drug-likeness (QED) is 0.322. The van der Waals surface area contributed by atoms with Crippen LogP contribution in [0.15, 0.2) is 11.6 Å². The molecule has 3 heteroatoms. The molecule has 0 aromatic heterocycles. The average molecular weight is 471 g/mol. The lowest BCUT2D eigenvalue weighted by molar-refractivity contribution is -0.206. The summed E-state index contributed by atoms with van der Waals surface area (Å²) >= 11 is 0. The van der Waals surface area contributed by atoms with Gasteiger partial charge in [-0.15, -0.1) is 0 Å². The molecule has 0 unspecified atom stereocenters. The minimum absolute atomic E-state index is 0.0147. The Morgan fingerprint density at radius 2 is 1.59 bits per heavy atom. The van der Waals surface area contributed by atoms with Crippen molar-refractivity contribution in [3.63, 3.8) is 0 Å². The summed E-state index contributed by atoms with van der Waals surface area (Å²) < 4.78 is 5.49. The van der Waals surface area contributed by atoms with Crippen LogP contribution in [0.3, 0.4) is 0 Å². The van der Waals surface area contributed by atoms with Gasteiger partial charge >= 0.3 is 5.97 Å². The first kappa shape index (κ1) is 24.8. The minimum Gasteiger partial charge on any atom is -0.469 e. The van der Waals surface area contributed by atoms with Gasteiger partial charge in [0.05, 0.1) is 18.6 Å². The number of fused-ring (bicyclic) bond motifs is 7. The fourth-order valence-corrected chi connectivity index (χ4v) is 10.8. The van der Waals surface area contributed by atoms with Crippen molar-refractivity contribution in [2.24, 2.45) is 50.2 Å². The summed E-state index contributed by atoms with van der Waals surface area (Å²) in [6.45, 7) is 17.2. The van der Waals surface area contributed by atoms with Gasteiger partial charge in [-0.2, -0.15) is 0 Å². The molecule has 34 heavy (non-hydrogen) atoms. The fraction of sp³-hybridized carbons (Fsp3) is 0.903. The SMILES string of the molecule is COC(=O)[C@]12CCC(C)(C)C[C@H]1C1=CC[C@@H]3[C@@]4(C)CC[C@@H](O)C(C)(C)[C@@H]4CC[C@@]3(C)[C@]1(C)CC2. The van der Waals surface area contributed by atoms with Gasteiger partial charge in [0.1, 0.15) is 0 Å². The molecule has 0 aromatic carbocycles. The van der Waals surface area contributed by atoms with Crippen molar-refractivity contribution in [2.75, 3.05) is 7.11 Å². The van der Waals surface area contributed by atoms with Crippen LogP contribution in [0.2, 0.25) is 0 Å². The van der Waals surface area contributed by atoms with Crippen molar-refractivity contribution in [1.82, 2.24) is 0 Å². The lowest BCUT2D eigenvalue weighted by atomic mass is 9.33. The van der Waals surface area contributed by atoms with Crippen molar-refractivity contribution >= 4 is 5.97 Å². The molecule has 192 valence electrons. The maximum Gasteiger partial charge on any atom is 0.312 e. The summed E-state index contributed by atoms with van der Waals surface area (Å²) in [5.74, 6) is 1.57. The Bertz CT molecular complexity index is 900. The zero-order chi connectivity index (χ0) is 24.9. The van der Waals surface area contributed by atoms with Gasteiger partial charge in [0.2, 0.25) is 0 Å². The zero-order valence-electron chi connectivity index (χ0n) is 23.2. The molecule has 5 aliphatic rings. The highest BCUT2D eigenvalue weighted by Crippen LogP contribution is 2.75. The standard InChI is InChI=1S/C31H50O3/c1-26(2)15-17-31(25(33)34-8)18-16-29(6)20(21(31)19-26)9-10-23-28(5)13-12-24(32)27(3,4)22(28)11-14-30(23,29)7/h9,21-24,32H,10-19H2,1-8H3/t21-,22-,23+,24+,28-,29+,30+,31-/m0/s1. The van der Waals surface area contributed by atoms with Gasteiger partial charge in [-0.05, 0) is 109 Å². The number of ether oxygens (including phenoxy) is 1. The highest BCUT2D eigenvalue weighted by molar-refractivity contribution is 5.78. The van der Waals surface area contributed by atoms with Crippen LogP contribution >= 0.6 is 0 Å². The van der Waals surface area contributed by atoms with Gasteiger partial charge in [0, 0.05) is 0 Å². The highest BCUT2D eigenvalue weighted by atomic mass is 16.5. The third kappa shape index (κ3) is 2.94. The molecular weight excluding hydrogens is 420 g/mol. The van der Waals surface area contributed by atoms with Crippen LogP contribution in [0, 0.1) is 50.2 Å². The molecule has 0 radical (unpaired) electrons. The summed E-state index contributed by atoms with van der Waals surface area (Å²) in [4.78, 5) is 13.3. The number of aliphatic hydroxyl groups excluding tert-OH is 1. The number of esters is 1. The molecule has 0 aliphatic heterocycles. The molecule has 5 rings (SSSR count). The van der Waals surface area contributed by atoms with Crippen LogP contribution in [0.1, 0.15) is 113 Å². The smallest absolute Gasteiger partial charge is 0.312 e. The Morgan fingerprint density at radius 1 is 0.912 bits per heavy atom. The molecule has 0 amide bonds. The molecule has 4 fully saturated rings. The molecule has 0 bridgehead atoms. The first-order valence-electron chi connectivity index (χ1n) is 14.2. The molecular formula is C31H50O3. The van der Waals surface area contributed by atoms with Crippen molar-refractivity contribution in [2.45, 2.75) is 119 Å². The van der Waals surface area contributed by atoms with E-state index in [0.717, 1.165) is 51.4 Å². The predicted molar refractivity (Wildman–Crippen MR) is 137 cm³/mol. The van der Waals surface area contributed by atoms with E-state index in [9.17, 15) is 9.90 Å². The second-order valence-electron chi connectivity index (χ2n) is 15.2. The molecule has 0 aromatic rings. The number of allylic oxidation sites excluding steroid dienone is 2. The number of hydrogen-bond acceptors (Lipinski definition) is 3. The first-order valence-corrected chi connectivity index (χ1v) is 14.2. The molecule has 5 aliphatic carbocycles. The van der Waals surface area contributed by atoms with Gasteiger partial charge in [-0.25, -0.2) is 0 Å². The van der Waals surface area contributed by atoms with Gasteiger partial charge in [-0.3, -0.25) is 4.79 Å². The number of carbonyl (C=O) groups is 1. The number of methoxy groups -OCH3 is 1. The van der Waals surface area contributed by atoms with E-state index >= 15 is 0 Å². The molecule has 4 saturated carbocycles. The predicted octanol–water partition coefficient (Wildman–Crippen LogP) is 7.32. The Kier molecular flexibility index (Phi) is 5.38. The molecule has 3 nitrogen and oxygen atoms in total. The van der Waals surface area contributed by atoms with Crippen molar-refractivity contribution in [3.05, 3.63) is 11.6 Å². The Hall–Kier alpha value is -0.830. The number of aliphatic hydroxyl groups is 1. The van der Waals surface area contributed by atoms with E-state index in [4.69, 9.17) is 4.74 Å². The van der Waals surface area contributed by atoms with Crippen LogP contribution in [0.4, 0.5) is 0 Å². The molecule has 0 spiro atoms. The summed E-state index contributed by atoms with van der Waals surface area (Å²) in [6, 6.07) is 0. The summed E-state index contributed by atoms with van der Waals surface area (Å²) in [6.07, 6.45) is 13.4. The summed E-state index contributed by atoms with van der Waals surface area (Å²) in [5, 5.41) is 10.9. The van der Waals surface area contributed by atoms with Crippen molar-refractivity contribution in [1.29, 1.82) is 0 Å². The lowest BCUT2D eigenvalue weighted by Crippen LogP contribution is -2.65. The maximum atomic E-state index is 13.3. The Morgan fingerprint density at radius 3 is 2.26 bits per heavy atom. The van der Waals surface area contributed by atoms with Crippen LogP contribution in [0.25, 0.3) is 0 Å². The van der Waals surface area contributed by atoms with Crippen molar-refractivity contribution < 1.29 is 14.6 Å². The van der Waals surface area contributed by atoms with Gasteiger partial charge < -0.3 is 9.84 Å². The second kappa shape index (κ2) is 7.36. The third-order valence-corrected chi connectivity index (χ3v) is 13.2.